The van der Waals surface area contributed by atoms with Crippen LogP contribution in [0.15, 0.2) is 24.3 Å². The largest absolute Gasteiger partial charge is 0.463 e. The molecule has 2 rings (SSSR count). The number of nitrogens with one attached hydrogen (secondary N) is 2. The predicted molar refractivity (Wildman–Crippen MR) is 111 cm³/mol. The lowest BCUT2D eigenvalue weighted by Gasteiger charge is -2.44. The summed E-state index contributed by atoms with van der Waals surface area (Å²) in [7, 11) is 1.33. The summed E-state index contributed by atoms with van der Waals surface area (Å²) in [6.45, 7) is 5.18. The maximum atomic E-state index is 12.6. The van der Waals surface area contributed by atoms with Crippen LogP contribution in [0.2, 0.25) is 0 Å². The van der Waals surface area contributed by atoms with E-state index in [-0.39, 0.29) is 6.61 Å². The Kier molecular flexibility index (Phi) is 8.97. The SMILES string of the molecule is CO[C@@H]1O[C@H](COC(C)=O)[C@@H](OC(C)=O)[C@H](OC(C)=O)[C@H]1NC(=O)Nc1ccc(C)cc1. The molecule has 32 heavy (non-hydrogen) atoms. The number of rotatable bonds is 7. The van der Waals surface area contributed by atoms with Gasteiger partial charge < -0.3 is 34.3 Å². The molecule has 2 N–H and O–H groups in total. The molecule has 0 spiro atoms. The molecule has 5 atom stereocenters. The number of aryl methyl sites for hydroxylation is 1. The quantitative estimate of drug-likeness (QED) is 0.463. The normalized spacial score (nSPS) is 24.7. The van der Waals surface area contributed by atoms with E-state index in [4.69, 9.17) is 23.7 Å². The van der Waals surface area contributed by atoms with Gasteiger partial charge in [-0.2, -0.15) is 0 Å². The fraction of sp³-hybridized carbons (Fsp3) is 0.524. The van der Waals surface area contributed by atoms with Crippen molar-refractivity contribution in [2.24, 2.45) is 0 Å². The molecular formula is C21H28N2O9. The highest BCUT2D eigenvalue weighted by Gasteiger charge is 2.51. The lowest BCUT2D eigenvalue weighted by atomic mass is 9.96. The molecule has 0 radical (unpaired) electrons. The minimum Gasteiger partial charge on any atom is -0.463 e. The van der Waals surface area contributed by atoms with Gasteiger partial charge in [0.2, 0.25) is 0 Å². The number of benzene rings is 1. The maximum Gasteiger partial charge on any atom is 0.319 e. The molecule has 11 heteroatoms. The van der Waals surface area contributed by atoms with Gasteiger partial charge in [0.25, 0.3) is 0 Å². The number of carbonyl (C=O) groups excluding carboxylic acids is 4. The first-order valence-corrected chi connectivity index (χ1v) is 9.91. The highest BCUT2D eigenvalue weighted by atomic mass is 16.7. The number of amides is 2. The molecule has 0 aromatic heterocycles. The van der Waals surface area contributed by atoms with Crippen molar-refractivity contribution in [3.63, 3.8) is 0 Å². The van der Waals surface area contributed by atoms with E-state index in [0.29, 0.717) is 5.69 Å². The molecule has 0 saturated carbocycles. The summed E-state index contributed by atoms with van der Waals surface area (Å²) < 4.78 is 26.8. The van der Waals surface area contributed by atoms with Gasteiger partial charge >= 0.3 is 23.9 Å². The van der Waals surface area contributed by atoms with Gasteiger partial charge in [-0.3, -0.25) is 14.4 Å². The van der Waals surface area contributed by atoms with Crippen LogP contribution in [-0.4, -0.2) is 68.3 Å². The van der Waals surface area contributed by atoms with E-state index >= 15 is 0 Å². The van der Waals surface area contributed by atoms with Gasteiger partial charge in [0.05, 0.1) is 0 Å². The Labute approximate surface area is 185 Å². The van der Waals surface area contributed by atoms with Crippen LogP contribution in [0.3, 0.4) is 0 Å². The van der Waals surface area contributed by atoms with E-state index in [0.717, 1.165) is 5.56 Å². The molecule has 11 nitrogen and oxygen atoms in total. The van der Waals surface area contributed by atoms with Crippen molar-refractivity contribution in [1.29, 1.82) is 0 Å². The van der Waals surface area contributed by atoms with Crippen molar-refractivity contribution in [3.05, 3.63) is 29.8 Å². The minimum atomic E-state index is -1.18. The highest BCUT2D eigenvalue weighted by molar-refractivity contribution is 5.89. The van der Waals surface area contributed by atoms with Crippen LogP contribution in [0.4, 0.5) is 10.5 Å². The third-order valence-corrected chi connectivity index (χ3v) is 4.54. The fourth-order valence-electron chi connectivity index (χ4n) is 3.21. The van der Waals surface area contributed by atoms with Crippen LogP contribution >= 0.6 is 0 Å². The van der Waals surface area contributed by atoms with Crippen molar-refractivity contribution in [2.45, 2.75) is 58.3 Å². The van der Waals surface area contributed by atoms with Crippen LogP contribution in [-0.2, 0) is 38.1 Å². The number of hydrogen-bond donors (Lipinski definition) is 2. The molecule has 1 aromatic rings. The van der Waals surface area contributed by atoms with E-state index in [1.165, 1.54) is 27.9 Å². The first kappa shape index (κ1) is 25.1. The highest BCUT2D eigenvalue weighted by Crippen LogP contribution is 2.27. The standard InChI is InChI=1S/C21H28N2O9/c1-11-6-8-15(9-7-11)22-21(27)23-17-19(31-14(4)26)18(30-13(3)25)16(10-29-12(2)24)32-20(17)28-5/h6-9,16-20H,10H2,1-5H3,(H2,22,23,27)/t16-,17-,18-,19-,20-/m1/s1. The number of methoxy groups -OCH3 is 1. The van der Waals surface area contributed by atoms with Gasteiger partial charge in [0.15, 0.2) is 18.5 Å². The zero-order chi connectivity index (χ0) is 23.8. The van der Waals surface area contributed by atoms with Gasteiger partial charge in [-0.25, -0.2) is 4.79 Å². The Morgan fingerprint density at radius 1 is 0.938 bits per heavy atom. The number of urea groups is 1. The van der Waals surface area contributed by atoms with Gasteiger partial charge in [0, 0.05) is 33.6 Å². The summed E-state index contributed by atoms with van der Waals surface area (Å²) in [6, 6.07) is 5.43. The molecule has 0 aliphatic carbocycles. The van der Waals surface area contributed by atoms with Crippen molar-refractivity contribution < 1.29 is 42.9 Å². The zero-order valence-corrected chi connectivity index (χ0v) is 18.6. The van der Waals surface area contributed by atoms with Crippen LogP contribution in [0.5, 0.6) is 0 Å². The molecular weight excluding hydrogens is 424 g/mol. The summed E-state index contributed by atoms with van der Waals surface area (Å²) >= 11 is 0. The third-order valence-electron chi connectivity index (χ3n) is 4.54. The average molecular weight is 452 g/mol. The van der Waals surface area contributed by atoms with Crippen molar-refractivity contribution in [3.8, 4) is 0 Å². The average Bonchev–Trinajstić information content (AvgIpc) is 2.70. The number of hydrogen-bond acceptors (Lipinski definition) is 9. The number of carbonyl (C=O) groups is 4. The maximum absolute atomic E-state index is 12.6. The summed E-state index contributed by atoms with van der Waals surface area (Å²) in [5, 5.41) is 5.31. The lowest BCUT2D eigenvalue weighted by Crippen LogP contribution is -2.67. The van der Waals surface area contributed by atoms with Gasteiger partial charge in [-0.15, -0.1) is 0 Å². The first-order chi connectivity index (χ1) is 15.1. The number of esters is 3. The van der Waals surface area contributed by atoms with Crippen molar-refractivity contribution >= 4 is 29.6 Å². The van der Waals surface area contributed by atoms with E-state index in [9.17, 15) is 19.2 Å². The second kappa shape index (κ2) is 11.4. The van der Waals surface area contributed by atoms with Crippen LogP contribution in [0.1, 0.15) is 26.3 Å². The summed E-state index contributed by atoms with van der Waals surface area (Å²) in [4.78, 5) is 47.4. The molecule has 2 amide bonds. The Hall–Kier alpha value is -3.18. The number of ether oxygens (including phenoxy) is 5. The Morgan fingerprint density at radius 2 is 1.53 bits per heavy atom. The summed E-state index contributed by atoms with van der Waals surface area (Å²) in [5.41, 5.74) is 1.56. The summed E-state index contributed by atoms with van der Waals surface area (Å²) in [6.07, 6.45) is -4.46. The number of anilines is 1. The Balaban J connectivity index is 2.28. The molecule has 1 fully saturated rings. The van der Waals surface area contributed by atoms with Crippen LogP contribution in [0.25, 0.3) is 0 Å². The molecule has 0 unspecified atom stereocenters. The first-order valence-electron chi connectivity index (χ1n) is 9.91. The molecule has 0 bridgehead atoms. The van der Waals surface area contributed by atoms with Gasteiger partial charge in [-0.1, -0.05) is 17.7 Å². The second-order valence-corrected chi connectivity index (χ2v) is 7.22. The minimum absolute atomic E-state index is 0.285. The Bertz CT molecular complexity index is 827. The molecule has 1 aliphatic rings. The molecule has 1 heterocycles. The fourth-order valence-corrected chi connectivity index (χ4v) is 3.21. The monoisotopic (exact) mass is 452 g/mol. The van der Waals surface area contributed by atoms with Crippen molar-refractivity contribution in [2.75, 3.05) is 19.0 Å². The van der Waals surface area contributed by atoms with Gasteiger partial charge in [0.1, 0.15) is 18.8 Å². The van der Waals surface area contributed by atoms with E-state index < -0.39 is 54.6 Å². The molecule has 176 valence electrons. The second-order valence-electron chi connectivity index (χ2n) is 7.22. The Morgan fingerprint density at radius 3 is 2.06 bits per heavy atom. The van der Waals surface area contributed by atoms with E-state index in [1.54, 1.807) is 12.1 Å². The van der Waals surface area contributed by atoms with Crippen LogP contribution in [0, 0.1) is 6.92 Å². The van der Waals surface area contributed by atoms with E-state index in [2.05, 4.69) is 10.6 Å². The molecule has 1 aliphatic heterocycles. The molecule has 1 aromatic carbocycles. The zero-order valence-electron chi connectivity index (χ0n) is 18.6. The van der Waals surface area contributed by atoms with Crippen LogP contribution < -0.4 is 10.6 Å². The van der Waals surface area contributed by atoms with E-state index in [1.807, 2.05) is 19.1 Å². The van der Waals surface area contributed by atoms with Gasteiger partial charge in [-0.05, 0) is 19.1 Å². The molecule has 1 saturated heterocycles. The smallest absolute Gasteiger partial charge is 0.319 e. The topological polar surface area (TPSA) is 138 Å². The third kappa shape index (κ3) is 7.20. The lowest BCUT2D eigenvalue weighted by molar-refractivity contribution is -0.270. The predicted octanol–water partition coefficient (Wildman–Crippen LogP) is 1.28. The van der Waals surface area contributed by atoms with Crippen molar-refractivity contribution in [1.82, 2.24) is 5.32 Å². The summed E-state index contributed by atoms with van der Waals surface area (Å²) in [5.74, 6) is -1.94.